The molecule has 0 radical (unpaired) electrons. The molecule has 0 saturated carbocycles. The number of aldehydes is 1. The van der Waals surface area contributed by atoms with Gasteiger partial charge >= 0.3 is 0 Å². The SMILES string of the molecule is COc1cc(OC)c(-c2ccnn2-c2ccccc2)cc1C=O. The molecule has 1 heterocycles. The number of rotatable bonds is 5. The molecule has 0 spiro atoms. The second-order valence-corrected chi connectivity index (χ2v) is 4.88. The summed E-state index contributed by atoms with van der Waals surface area (Å²) in [7, 11) is 3.11. The second kappa shape index (κ2) is 6.36. The van der Waals surface area contributed by atoms with Gasteiger partial charge in [-0.25, -0.2) is 4.68 Å². The fraction of sp³-hybridized carbons (Fsp3) is 0.111. The van der Waals surface area contributed by atoms with Crippen molar-refractivity contribution in [2.75, 3.05) is 14.2 Å². The molecule has 23 heavy (non-hydrogen) atoms. The van der Waals surface area contributed by atoms with E-state index in [0.717, 1.165) is 23.2 Å². The highest BCUT2D eigenvalue weighted by atomic mass is 16.5. The Morgan fingerprint density at radius 3 is 2.39 bits per heavy atom. The lowest BCUT2D eigenvalue weighted by molar-refractivity contribution is 0.112. The van der Waals surface area contributed by atoms with Crippen molar-refractivity contribution in [3.05, 3.63) is 60.3 Å². The topological polar surface area (TPSA) is 53.4 Å². The average molecular weight is 308 g/mol. The first kappa shape index (κ1) is 14.8. The molecule has 116 valence electrons. The molecule has 0 unspecified atom stereocenters. The number of nitrogens with zero attached hydrogens (tertiary/aromatic N) is 2. The maximum atomic E-state index is 11.3. The number of hydrogen-bond acceptors (Lipinski definition) is 4. The van der Waals surface area contributed by atoms with Gasteiger partial charge in [-0.15, -0.1) is 0 Å². The number of aromatic nitrogens is 2. The zero-order valence-electron chi connectivity index (χ0n) is 12.9. The largest absolute Gasteiger partial charge is 0.496 e. The van der Waals surface area contributed by atoms with E-state index in [1.54, 1.807) is 30.1 Å². The number of para-hydroxylation sites is 1. The highest BCUT2D eigenvalue weighted by Gasteiger charge is 2.16. The lowest BCUT2D eigenvalue weighted by Gasteiger charge is -2.14. The molecule has 0 atom stereocenters. The van der Waals surface area contributed by atoms with E-state index in [4.69, 9.17) is 9.47 Å². The van der Waals surface area contributed by atoms with Crippen molar-refractivity contribution in [3.63, 3.8) is 0 Å². The van der Waals surface area contributed by atoms with Crippen LogP contribution in [0.25, 0.3) is 16.9 Å². The van der Waals surface area contributed by atoms with Gasteiger partial charge in [-0.05, 0) is 24.3 Å². The van der Waals surface area contributed by atoms with Crippen LogP contribution in [0.4, 0.5) is 0 Å². The number of carbonyl (C=O) groups is 1. The van der Waals surface area contributed by atoms with Gasteiger partial charge in [0.2, 0.25) is 0 Å². The first-order valence-corrected chi connectivity index (χ1v) is 7.09. The first-order valence-electron chi connectivity index (χ1n) is 7.09. The molecule has 0 aliphatic rings. The predicted octanol–water partition coefficient (Wildman–Crippen LogP) is 3.37. The van der Waals surface area contributed by atoms with Gasteiger partial charge in [0, 0.05) is 11.6 Å². The number of ether oxygens (including phenoxy) is 2. The van der Waals surface area contributed by atoms with Crippen LogP contribution >= 0.6 is 0 Å². The number of carbonyl (C=O) groups excluding carboxylic acids is 1. The molecule has 0 saturated heterocycles. The Labute approximate surface area is 134 Å². The van der Waals surface area contributed by atoms with Gasteiger partial charge in [0.25, 0.3) is 0 Å². The van der Waals surface area contributed by atoms with Crippen LogP contribution in [0.1, 0.15) is 10.4 Å². The monoisotopic (exact) mass is 308 g/mol. The van der Waals surface area contributed by atoms with Crippen molar-refractivity contribution in [2.24, 2.45) is 0 Å². The third-order valence-corrected chi connectivity index (χ3v) is 3.60. The van der Waals surface area contributed by atoms with E-state index in [-0.39, 0.29) is 0 Å². The highest BCUT2D eigenvalue weighted by molar-refractivity contribution is 5.85. The van der Waals surface area contributed by atoms with Gasteiger partial charge in [0.15, 0.2) is 6.29 Å². The zero-order valence-corrected chi connectivity index (χ0v) is 12.9. The molecule has 1 aromatic heterocycles. The molecule has 5 heteroatoms. The maximum absolute atomic E-state index is 11.3. The Balaban J connectivity index is 2.20. The van der Waals surface area contributed by atoms with Crippen LogP contribution in [0.3, 0.4) is 0 Å². The summed E-state index contributed by atoms with van der Waals surface area (Å²) in [5.74, 6) is 1.09. The van der Waals surface area contributed by atoms with E-state index in [1.807, 2.05) is 36.4 Å². The fourth-order valence-electron chi connectivity index (χ4n) is 2.50. The number of hydrogen-bond donors (Lipinski definition) is 0. The highest BCUT2D eigenvalue weighted by Crippen LogP contribution is 2.36. The van der Waals surface area contributed by atoms with Gasteiger partial charge in [-0.3, -0.25) is 4.79 Å². The van der Waals surface area contributed by atoms with Gasteiger partial charge in [-0.1, -0.05) is 18.2 Å². The van der Waals surface area contributed by atoms with Gasteiger partial charge in [0.1, 0.15) is 11.5 Å². The summed E-state index contributed by atoms with van der Waals surface area (Å²) in [6, 6.07) is 15.1. The first-order chi connectivity index (χ1) is 11.3. The Morgan fingerprint density at radius 2 is 1.74 bits per heavy atom. The summed E-state index contributed by atoms with van der Waals surface area (Å²) in [5, 5.41) is 4.38. The Hall–Kier alpha value is -3.08. The lowest BCUT2D eigenvalue weighted by Crippen LogP contribution is -2.01. The predicted molar refractivity (Wildman–Crippen MR) is 87.5 cm³/mol. The maximum Gasteiger partial charge on any atom is 0.153 e. The summed E-state index contributed by atoms with van der Waals surface area (Å²) >= 11 is 0. The van der Waals surface area contributed by atoms with Crippen molar-refractivity contribution in [1.82, 2.24) is 9.78 Å². The van der Waals surface area contributed by atoms with Crippen molar-refractivity contribution in [1.29, 1.82) is 0 Å². The van der Waals surface area contributed by atoms with Gasteiger partial charge < -0.3 is 9.47 Å². The van der Waals surface area contributed by atoms with Gasteiger partial charge in [-0.2, -0.15) is 5.10 Å². The van der Waals surface area contributed by atoms with Crippen molar-refractivity contribution in [2.45, 2.75) is 0 Å². The summed E-state index contributed by atoms with van der Waals surface area (Å²) in [5.41, 5.74) is 3.00. The molecule has 0 fully saturated rings. The molecule has 0 bridgehead atoms. The van der Waals surface area contributed by atoms with E-state index < -0.39 is 0 Å². The normalized spacial score (nSPS) is 10.3. The molecular formula is C18H16N2O3. The third-order valence-electron chi connectivity index (χ3n) is 3.60. The fourth-order valence-corrected chi connectivity index (χ4v) is 2.50. The third kappa shape index (κ3) is 2.68. The molecule has 0 amide bonds. The average Bonchev–Trinajstić information content (AvgIpc) is 3.10. The molecule has 0 N–H and O–H groups in total. The van der Waals surface area contributed by atoms with Crippen molar-refractivity contribution in [3.8, 4) is 28.4 Å². The minimum atomic E-state index is 0.462. The molecule has 3 rings (SSSR count). The molecular weight excluding hydrogens is 292 g/mol. The molecule has 0 aliphatic carbocycles. The minimum absolute atomic E-state index is 0.462. The van der Waals surface area contributed by atoms with Crippen LogP contribution < -0.4 is 9.47 Å². The minimum Gasteiger partial charge on any atom is -0.496 e. The molecule has 3 aromatic rings. The van der Waals surface area contributed by atoms with E-state index in [0.29, 0.717) is 17.1 Å². The Morgan fingerprint density at radius 1 is 1.00 bits per heavy atom. The lowest BCUT2D eigenvalue weighted by atomic mass is 10.1. The molecule has 5 nitrogen and oxygen atoms in total. The second-order valence-electron chi connectivity index (χ2n) is 4.88. The quantitative estimate of drug-likeness (QED) is 0.678. The zero-order chi connectivity index (χ0) is 16.2. The van der Waals surface area contributed by atoms with Crippen LogP contribution in [0.15, 0.2) is 54.7 Å². The van der Waals surface area contributed by atoms with E-state index in [9.17, 15) is 4.79 Å². The van der Waals surface area contributed by atoms with Crippen LogP contribution in [-0.4, -0.2) is 30.3 Å². The Bertz CT molecular complexity index is 826. The van der Waals surface area contributed by atoms with Crippen molar-refractivity contribution >= 4 is 6.29 Å². The standard InChI is InChI=1S/C18H16N2O3/c1-22-17-11-18(23-2)15(10-13(17)12-21)16-8-9-19-20(16)14-6-4-3-5-7-14/h3-12H,1-2H3. The van der Waals surface area contributed by atoms with Crippen LogP contribution in [0, 0.1) is 0 Å². The number of benzene rings is 2. The summed E-state index contributed by atoms with van der Waals surface area (Å²) in [4.78, 5) is 11.3. The summed E-state index contributed by atoms with van der Waals surface area (Å²) in [6.07, 6.45) is 2.48. The summed E-state index contributed by atoms with van der Waals surface area (Å²) in [6.45, 7) is 0. The van der Waals surface area contributed by atoms with Crippen LogP contribution in [0.2, 0.25) is 0 Å². The summed E-state index contributed by atoms with van der Waals surface area (Å²) < 4.78 is 12.5. The van der Waals surface area contributed by atoms with Crippen LogP contribution in [0.5, 0.6) is 11.5 Å². The van der Waals surface area contributed by atoms with E-state index in [1.165, 1.54) is 7.11 Å². The number of methoxy groups -OCH3 is 2. The van der Waals surface area contributed by atoms with E-state index >= 15 is 0 Å². The van der Waals surface area contributed by atoms with Gasteiger partial charge in [0.05, 0.1) is 37.4 Å². The molecule has 0 aliphatic heterocycles. The molecule has 2 aromatic carbocycles. The van der Waals surface area contributed by atoms with Crippen molar-refractivity contribution < 1.29 is 14.3 Å². The van der Waals surface area contributed by atoms with Crippen LogP contribution in [-0.2, 0) is 0 Å². The van der Waals surface area contributed by atoms with E-state index in [2.05, 4.69) is 5.10 Å². The smallest absolute Gasteiger partial charge is 0.153 e. The Kier molecular flexibility index (Phi) is 4.10.